The zero-order valence-corrected chi connectivity index (χ0v) is 19.3. The first kappa shape index (κ1) is 22.4. The molecule has 0 radical (unpaired) electrons. The second-order valence-corrected chi connectivity index (χ2v) is 9.57. The van der Waals surface area contributed by atoms with Gasteiger partial charge in [-0.2, -0.15) is 0 Å². The predicted octanol–water partition coefficient (Wildman–Crippen LogP) is 3.66. The van der Waals surface area contributed by atoms with Gasteiger partial charge in [0.05, 0.1) is 10.6 Å². The smallest absolute Gasteiger partial charge is 0.322 e. The van der Waals surface area contributed by atoms with E-state index in [-0.39, 0.29) is 29.0 Å². The lowest BCUT2D eigenvalue weighted by Gasteiger charge is -2.23. The SMILES string of the molecule is CN(c1ccccc1)S(=O)(=O)c1ccc(C(=O)Nc2nnc(C3COc4ccccc4O3)o2)cc1. The summed E-state index contributed by atoms with van der Waals surface area (Å²) in [5.74, 6) is 0.796. The van der Waals surface area contributed by atoms with Gasteiger partial charge in [0.25, 0.3) is 21.8 Å². The summed E-state index contributed by atoms with van der Waals surface area (Å²) < 4.78 is 44.0. The van der Waals surface area contributed by atoms with Gasteiger partial charge in [-0.05, 0) is 48.5 Å². The highest BCUT2D eigenvalue weighted by Crippen LogP contribution is 2.35. The number of hydrogen-bond acceptors (Lipinski definition) is 8. The molecule has 1 aliphatic heterocycles. The van der Waals surface area contributed by atoms with E-state index in [4.69, 9.17) is 13.9 Å². The molecule has 5 rings (SSSR count). The third kappa shape index (κ3) is 4.53. The van der Waals surface area contributed by atoms with Gasteiger partial charge in [0.1, 0.15) is 6.61 Å². The monoisotopic (exact) mass is 492 g/mol. The van der Waals surface area contributed by atoms with Crippen LogP contribution in [0.3, 0.4) is 0 Å². The Bertz CT molecular complexity index is 1450. The fourth-order valence-corrected chi connectivity index (χ4v) is 4.63. The van der Waals surface area contributed by atoms with Gasteiger partial charge in [-0.3, -0.25) is 14.4 Å². The molecule has 0 spiro atoms. The fraction of sp³-hybridized carbons (Fsp3) is 0.125. The minimum absolute atomic E-state index is 0.0511. The Balaban J connectivity index is 1.25. The number of ether oxygens (including phenoxy) is 2. The van der Waals surface area contributed by atoms with Crippen LogP contribution in [0.5, 0.6) is 11.5 Å². The lowest BCUT2D eigenvalue weighted by molar-refractivity contribution is 0.0716. The highest BCUT2D eigenvalue weighted by Gasteiger charge is 2.28. The molecule has 1 aliphatic rings. The van der Waals surface area contributed by atoms with Crippen LogP contribution in [-0.4, -0.2) is 38.2 Å². The second kappa shape index (κ2) is 9.11. The molecule has 10 nitrogen and oxygen atoms in total. The number of nitrogens with one attached hydrogen (secondary N) is 1. The van der Waals surface area contributed by atoms with E-state index in [1.807, 2.05) is 12.1 Å². The summed E-state index contributed by atoms with van der Waals surface area (Å²) in [7, 11) is -2.32. The third-order valence-electron chi connectivity index (χ3n) is 5.34. The van der Waals surface area contributed by atoms with Crippen LogP contribution >= 0.6 is 0 Å². The van der Waals surface area contributed by atoms with E-state index in [1.54, 1.807) is 42.5 Å². The largest absolute Gasteiger partial charge is 0.485 e. The number of para-hydroxylation sites is 3. The van der Waals surface area contributed by atoms with Crippen LogP contribution in [0, 0.1) is 0 Å². The summed E-state index contributed by atoms with van der Waals surface area (Å²) in [5.41, 5.74) is 0.745. The Kier molecular flexibility index (Phi) is 5.83. The second-order valence-electron chi connectivity index (χ2n) is 7.60. The van der Waals surface area contributed by atoms with Gasteiger partial charge in [-0.1, -0.05) is 35.4 Å². The lowest BCUT2D eigenvalue weighted by atomic mass is 10.2. The number of fused-ring (bicyclic) bond motifs is 1. The quantitative estimate of drug-likeness (QED) is 0.433. The van der Waals surface area contributed by atoms with Crippen LogP contribution in [0.1, 0.15) is 22.4 Å². The van der Waals surface area contributed by atoms with E-state index >= 15 is 0 Å². The molecule has 0 fully saturated rings. The number of carbonyl (C=O) groups excluding carboxylic acids is 1. The first-order chi connectivity index (χ1) is 16.9. The number of aromatic nitrogens is 2. The number of anilines is 2. The van der Waals surface area contributed by atoms with Crippen LogP contribution in [0.25, 0.3) is 0 Å². The predicted molar refractivity (Wildman–Crippen MR) is 126 cm³/mol. The third-order valence-corrected chi connectivity index (χ3v) is 7.14. The molecule has 1 N–H and O–H groups in total. The van der Waals surface area contributed by atoms with E-state index in [0.29, 0.717) is 17.2 Å². The zero-order valence-electron chi connectivity index (χ0n) is 18.5. The van der Waals surface area contributed by atoms with Crippen molar-refractivity contribution in [3.63, 3.8) is 0 Å². The van der Waals surface area contributed by atoms with Crippen molar-refractivity contribution >= 4 is 27.6 Å². The zero-order chi connectivity index (χ0) is 24.4. The van der Waals surface area contributed by atoms with Gasteiger partial charge in [0.15, 0.2) is 11.5 Å². The summed E-state index contributed by atoms with van der Waals surface area (Å²) in [4.78, 5) is 12.7. The van der Waals surface area contributed by atoms with Gasteiger partial charge >= 0.3 is 6.01 Å². The number of amides is 1. The first-order valence-corrected chi connectivity index (χ1v) is 12.0. The van der Waals surface area contributed by atoms with Crippen LogP contribution in [0.4, 0.5) is 11.7 Å². The molecular weight excluding hydrogens is 472 g/mol. The molecule has 1 aromatic heterocycles. The fourth-order valence-electron chi connectivity index (χ4n) is 3.44. The van der Waals surface area contributed by atoms with Crippen molar-refractivity contribution in [3.8, 4) is 11.5 Å². The van der Waals surface area contributed by atoms with Crippen molar-refractivity contribution in [1.82, 2.24) is 10.2 Å². The number of hydrogen-bond donors (Lipinski definition) is 1. The van der Waals surface area contributed by atoms with Crippen molar-refractivity contribution in [2.75, 3.05) is 23.3 Å². The maximum atomic E-state index is 12.9. The average molecular weight is 493 g/mol. The Morgan fingerprint density at radius 2 is 1.63 bits per heavy atom. The Labute approximate surface area is 201 Å². The Morgan fingerprint density at radius 1 is 0.943 bits per heavy atom. The van der Waals surface area contributed by atoms with Crippen LogP contribution in [-0.2, 0) is 10.0 Å². The molecule has 2 heterocycles. The van der Waals surface area contributed by atoms with Gasteiger partial charge in [0, 0.05) is 12.6 Å². The average Bonchev–Trinajstić information content (AvgIpc) is 3.37. The summed E-state index contributed by atoms with van der Waals surface area (Å²) in [6, 6.07) is 21.4. The van der Waals surface area contributed by atoms with E-state index in [2.05, 4.69) is 15.5 Å². The molecule has 35 heavy (non-hydrogen) atoms. The molecule has 3 aromatic carbocycles. The van der Waals surface area contributed by atoms with Crippen LogP contribution in [0.2, 0.25) is 0 Å². The maximum Gasteiger partial charge on any atom is 0.322 e. The molecule has 1 unspecified atom stereocenters. The van der Waals surface area contributed by atoms with E-state index in [0.717, 1.165) is 0 Å². The molecule has 0 saturated heterocycles. The highest BCUT2D eigenvalue weighted by atomic mass is 32.2. The lowest BCUT2D eigenvalue weighted by Crippen LogP contribution is -2.26. The maximum absolute atomic E-state index is 12.9. The van der Waals surface area contributed by atoms with Gasteiger partial charge < -0.3 is 13.9 Å². The summed E-state index contributed by atoms with van der Waals surface area (Å²) >= 11 is 0. The minimum atomic E-state index is -3.79. The molecule has 1 amide bonds. The summed E-state index contributed by atoms with van der Waals surface area (Å²) in [6.07, 6.45) is -0.617. The molecule has 0 aliphatic carbocycles. The Morgan fingerprint density at radius 3 is 2.37 bits per heavy atom. The first-order valence-electron chi connectivity index (χ1n) is 10.6. The molecule has 0 bridgehead atoms. The number of carbonyl (C=O) groups is 1. The standard InChI is InChI=1S/C24H20N4O6S/c1-28(17-7-3-2-4-8-17)35(30,31)18-13-11-16(12-14-18)22(29)25-24-27-26-23(34-24)21-15-32-19-9-5-6-10-20(19)33-21/h2-14,21H,15H2,1H3,(H,25,27,29). The normalized spacial score (nSPS) is 14.8. The molecule has 0 saturated carbocycles. The van der Waals surface area contributed by atoms with Crippen molar-refractivity contribution < 1.29 is 27.1 Å². The number of nitrogens with zero attached hydrogens (tertiary/aromatic N) is 3. The van der Waals surface area contributed by atoms with Crippen molar-refractivity contribution in [3.05, 3.63) is 90.3 Å². The molecule has 11 heteroatoms. The number of rotatable bonds is 6. The molecule has 1 atom stereocenters. The topological polar surface area (TPSA) is 124 Å². The van der Waals surface area contributed by atoms with E-state index in [1.165, 1.54) is 35.6 Å². The van der Waals surface area contributed by atoms with Gasteiger partial charge in [-0.15, -0.1) is 5.10 Å². The minimum Gasteiger partial charge on any atom is -0.485 e. The van der Waals surface area contributed by atoms with Crippen LogP contribution < -0.4 is 19.1 Å². The van der Waals surface area contributed by atoms with Crippen molar-refractivity contribution in [1.29, 1.82) is 0 Å². The van der Waals surface area contributed by atoms with E-state index < -0.39 is 22.0 Å². The van der Waals surface area contributed by atoms with Crippen LogP contribution in [0.15, 0.2) is 88.2 Å². The van der Waals surface area contributed by atoms with Gasteiger partial charge in [0.2, 0.25) is 6.10 Å². The van der Waals surface area contributed by atoms with Gasteiger partial charge in [-0.25, -0.2) is 8.42 Å². The molecular formula is C24H20N4O6S. The molecule has 178 valence electrons. The van der Waals surface area contributed by atoms with E-state index in [9.17, 15) is 13.2 Å². The number of sulfonamides is 1. The van der Waals surface area contributed by atoms with Crippen molar-refractivity contribution in [2.45, 2.75) is 11.0 Å². The Hall–Kier alpha value is -4.38. The molecule has 4 aromatic rings. The highest BCUT2D eigenvalue weighted by molar-refractivity contribution is 7.92. The summed E-state index contributed by atoms with van der Waals surface area (Å²) in [6.45, 7) is 0.181. The number of benzene rings is 3. The summed E-state index contributed by atoms with van der Waals surface area (Å²) in [5, 5.41) is 10.3. The van der Waals surface area contributed by atoms with Crippen molar-refractivity contribution in [2.24, 2.45) is 0 Å².